The summed E-state index contributed by atoms with van der Waals surface area (Å²) in [7, 11) is 2.04. The van der Waals surface area contributed by atoms with E-state index in [-0.39, 0.29) is 5.91 Å². The first kappa shape index (κ1) is 17.4. The maximum absolute atomic E-state index is 12.5. The first-order chi connectivity index (χ1) is 9.35. The van der Waals surface area contributed by atoms with Crippen LogP contribution in [0, 0.1) is 17.8 Å². The lowest BCUT2D eigenvalue weighted by Gasteiger charge is -2.31. The lowest BCUT2D eigenvalue weighted by atomic mass is 10.1. The lowest BCUT2D eigenvalue weighted by Crippen LogP contribution is -2.47. The van der Waals surface area contributed by atoms with Crippen LogP contribution in [-0.4, -0.2) is 55.0 Å². The molecule has 1 unspecified atom stereocenters. The molecule has 1 aliphatic carbocycles. The van der Waals surface area contributed by atoms with Crippen molar-refractivity contribution in [2.45, 2.75) is 46.6 Å². The molecular weight excluding hydrogens is 250 g/mol. The topological polar surface area (TPSA) is 49.6 Å². The minimum atomic E-state index is 0.244. The van der Waals surface area contributed by atoms with Gasteiger partial charge in [-0.05, 0) is 37.6 Å². The molecule has 4 heteroatoms. The number of amides is 1. The highest BCUT2D eigenvalue weighted by atomic mass is 16.2. The van der Waals surface area contributed by atoms with Crippen LogP contribution in [0.4, 0.5) is 0 Å². The van der Waals surface area contributed by atoms with Crippen molar-refractivity contribution in [3.8, 4) is 0 Å². The summed E-state index contributed by atoms with van der Waals surface area (Å²) in [6.07, 6.45) is 2.53. The van der Waals surface area contributed by atoms with Crippen molar-refractivity contribution >= 4 is 5.91 Å². The predicted molar refractivity (Wildman–Crippen MR) is 84.5 cm³/mol. The maximum atomic E-state index is 12.5. The molecule has 1 aliphatic rings. The Balaban J connectivity index is 2.54. The van der Waals surface area contributed by atoms with Gasteiger partial charge in [0, 0.05) is 25.7 Å². The van der Waals surface area contributed by atoms with Gasteiger partial charge in [-0.2, -0.15) is 0 Å². The van der Waals surface area contributed by atoms with Crippen molar-refractivity contribution in [2.75, 3.05) is 33.2 Å². The number of nitrogens with zero attached hydrogens (tertiary/aromatic N) is 2. The van der Waals surface area contributed by atoms with Crippen LogP contribution in [0.5, 0.6) is 0 Å². The van der Waals surface area contributed by atoms with E-state index in [1.54, 1.807) is 0 Å². The number of carbonyl (C=O) groups excluding carboxylic acids is 1. The molecule has 1 fully saturated rings. The summed E-state index contributed by atoms with van der Waals surface area (Å²) in [6.45, 7) is 11.5. The average molecular weight is 283 g/mol. The number of likely N-dealkylation sites (N-methyl/N-ethyl adjacent to an activating group) is 1. The van der Waals surface area contributed by atoms with Crippen LogP contribution in [0.25, 0.3) is 0 Å². The molecule has 1 saturated carbocycles. The summed E-state index contributed by atoms with van der Waals surface area (Å²) >= 11 is 0. The van der Waals surface area contributed by atoms with E-state index in [0.29, 0.717) is 36.9 Å². The van der Waals surface area contributed by atoms with Gasteiger partial charge in [0.15, 0.2) is 0 Å². The highest BCUT2D eigenvalue weighted by Crippen LogP contribution is 2.34. The number of rotatable bonds is 9. The molecule has 0 aromatic heterocycles. The third kappa shape index (κ3) is 5.80. The Hall–Kier alpha value is -0.610. The van der Waals surface area contributed by atoms with E-state index in [4.69, 9.17) is 5.73 Å². The Morgan fingerprint density at radius 1 is 1.15 bits per heavy atom. The van der Waals surface area contributed by atoms with Crippen molar-refractivity contribution in [1.29, 1.82) is 0 Å². The van der Waals surface area contributed by atoms with E-state index in [1.807, 2.05) is 11.9 Å². The molecule has 1 atom stereocenters. The summed E-state index contributed by atoms with van der Waals surface area (Å²) in [4.78, 5) is 16.7. The third-order valence-corrected chi connectivity index (χ3v) is 3.88. The summed E-state index contributed by atoms with van der Waals surface area (Å²) in [6, 6.07) is 0.374. The summed E-state index contributed by atoms with van der Waals surface area (Å²) < 4.78 is 0. The molecule has 0 radical (unpaired) electrons. The minimum absolute atomic E-state index is 0.244. The first-order valence-corrected chi connectivity index (χ1v) is 8.03. The van der Waals surface area contributed by atoms with Gasteiger partial charge in [0.25, 0.3) is 0 Å². The lowest BCUT2D eigenvalue weighted by molar-refractivity contribution is -0.133. The quantitative estimate of drug-likeness (QED) is 0.702. The summed E-state index contributed by atoms with van der Waals surface area (Å²) in [5.41, 5.74) is 5.86. The molecule has 0 saturated heterocycles. The molecule has 20 heavy (non-hydrogen) atoms. The summed E-state index contributed by atoms with van der Waals surface area (Å²) in [5.74, 6) is 1.98. The van der Waals surface area contributed by atoms with E-state index in [0.717, 1.165) is 13.1 Å². The highest BCUT2D eigenvalue weighted by Gasteiger charge is 2.33. The second-order valence-corrected chi connectivity index (χ2v) is 7.14. The molecule has 0 aromatic rings. The third-order valence-electron chi connectivity index (χ3n) is 3.88. The van der Waals surface area contributed by atoms with Crippen molar-refractivity contribution in [3.05, 3.63) is 0 Å². The second-order valence-electron chi connectivity index (χ2n) is 7.14. The molecule has 2 N–H and O–H groups in total. The summed E-state index contributed by atoms with van der Waals surface area (Å²) in [5, 5.41) is 0. The zero-order chi connectivity index (χ0) is 15.3. The zero-order valence-corrected chi connectivity index (χ0v) is 13.9. The molecule has 1 amide bonds. The Bertz CT molecular complexity index is 290. The van der Waals surface area contributed by atoms with E-state index in [1.165, 1.54) is 12.8 Å². The first-order valence-electron chi connectivity index (χ1n) is 8.03. The number of hydrogen-bond donors (Lipinski definition) is 1. The van der Waals surface area contributed by atoms with Crippen molar-refractivity contribution in [2.24, 2.45) is 23.5 Å². The van der Waals surface area contributed by atoms with Crippen LogP contribution in [0.2, 0.25) is 0 Å². The largest absolute Gasteiger partial charge is 0.341 e. The fourth-order valence-corrected chi connectivity index (χ4v) is 2.80. The van der Waals surface area contributed by atoms with Gasteiger partial charge in [-0.25, -0.2) is 0 Å². The van der Waals surface area contributed by atoms with E-state index >= 15 is 0 Å². The number of hydrogen-bond acceptors (Lipinski definition) is 3. The van der Waals surface area contributed by atoms with Crippen LogP contribution in [0.15, 0.2) is 0 Å². The van der Waals surface area contributed by atoms with Crippen LogP contribution >= 0.6 is 0 Å². The Morgan fingerprint density at radius 3 is 2.00 bits per heavy atom. The van der Waals surface area contributed by atoms with Crippen molar-refractivity contribution in [1.82, 2.24) is 9.80 Å². The monoisotopic (exact) mass is 283 g/mol. The fourth-order valence-electron chi connectivity index (χ4n) is 2.80. The predicted octanol–water partition coefficient (Wildman–Crippen LogP) is 1.80. The van der Waals surface area contributed by atoms with E-state index in [9.17, 15) is 4.79 Å². The van der Waals surface area contributed by atoms with Gasteiger partial charge in [-0.1, -0.05) is 27.7 Å². The SMILES string of the molecule is CC(C)CN(CC(C)C)C(=O)CN(C)C(CN)C1CC1. The Labute approximate surface area is 124 Å². The average Bonchev–Trinajstić information content (AvgIpc) is 3.12. The standard InChI is InChI=1S/C16H33N3O/c1-12(2)9-19(10-13(3)4)16(20)11-18(5)15(8-17)14-6-7-14/h12-15H,6-11,17H2,1-5H3. The molecule has 4 nitrogen and oxygen atoms in total. The van der Waals surface area contributed by atoms with Crippen LogP contribution < -0.4 is 5.73 Å². The Morgan fingerprint density at radius 2 is 1.65 bits per heavy atom. The van der Waals surface area contributed by atoms with Crippen molar-refractivity contribution < 1.29 is 4.79 Å². The normalized spacial score (nSPS) is 17.1. The molecular formula is C16H33N3O. The minimum Gasteiger partial charge on any atom is -0.341 e. The van der Waals surface area contributed by atoms with E-state index < -0.39 is 0 Å². The van der Waals surface area contributed by atoms with Gasteiger partial charge in [0.2, 0.25) is 5.91 Å². The van der Waals surface area contributed by atoms with Crippen LogP contribution in [-0.2, 0) is 4.79 Å². The smallest absolute Gasteiger partial charge is 0.236 e. The van der Waals surface area contributed by atoms with Gasteiger partial charge >= 0.3 is 0 Å². The second kappa shape index (κ2) is 7.99. The molecule has 1 rings (SSSR count). The van der Waals surface area contributed by atoms with E-state index in [2.05, 4.69) is 32.6 Å². The number of nitrogens with two attached hydrogens (primary N) is 1. The fraction of sp³-hybridized carbons (Fsp3) is 0.938. The van der Waals surface area contributed by atoms with Crippen molar-refractivity contribution in [3.63, 3.8) is 0 Å². The van der Waals surface area contributed by atoms with Gasteiger partial charge < -0.3 is 10.6 Å². The van der Waals surface area contributed by atoms with Gasteiger partial charge in [-0.15, -0.1) is 0 Å². The zero-order valence-electron chi connectivity index (χ0n) is 13.9. The Kier molecular flexibility index (Phi) is 6.96. The highest BCUT2D eigenvalue weighted by molar-refractivity contribution is 5.78. The molecule has 0 heterocycles. The molecule has 0 spiro atoms. The number of carbonyl (C=O) groups is 1. The van der Waals surface area contributed by atoms with Gasteiger partial charge in [-0.3, -0.25) is 9.69 Å². The maximum Gasteiger partial charge on any atom is 0.236 e. The van der Waals surface area contributed by atoms with Gasteiger partial charge in [0.1, 0.15) is 0 Å². The van der Waals surface area contributed by atoms with Crippen LogP contribution in [0.3, 0.4) is 0 Å². The molecule has 118 valence electrons. The molecule has 0 bridgehead atoms. The molecule has 0 aromatic carbocycles. The van der Waals surface area contributed by atoms with Crippen LogP contribution in [0.1, 0.15) is 40.5 Å². The van der Waals surface area contributed by atoms with Gasteiger partial charge in [0.05, 0.1) is 6.54 Å². The molecule has 0 aliphatic heterocycles.